The van der Waals surface area contributed by atoms with E-state index < -0.39 is 0 Å². The Bertz CT molecular complexity index is 414. The Balaban J connectivity index is 2.01. The molecular weight excluding hydrogens is 222 g/mol. The van der Waals surface area contributed by atoms with Crippen molar-refractivity contribution in [3.05, 3.63) is 11.7 Å². The fourth-order valence-corrected chi connectivity index (χ4v) is 1.86. The SMILES string of the molecule is CNC(=O)Cc1noc(C2CCC(C)(C)O2)n1. The summed E-state index contributed by atoms with van der Waals surface area (Å²) in [7, 11) is 1.58. The van der Waals surface area contributed by atoms with E-state index in [-0.39, 0.29) is 24.0 Å². The maximum Gasteiger partial charge on any atom is 0.255 e. The highest BCUT2D eigenvalue weighted by Gasteiger charge is 2.35. The molecule has 1 N–H and O–H groups in total. The van der Waals surface area contributed by atoms with Gasteiger partial charge in [0.1, 0.15) is 6.10 Å². The zero-order valence-electron chi connectivity index (χ0n) is 10.3. The van der Waals surface area contributed by atoms with Crippen molar-refractivity contribution in [2.24, 2.45) is 0 Å². The molecule has 1 aromatic rings. The molecule has 1 unspecified atom stereocenters. The number of nitrogens with zero attached hydrogens (tertiary/aromatic N) is 2. The standard InChI is InChI=1S/C11H17N3O3/c1-11(2)5-4-7(16-11)10-13-8(14-17-10)6-9(15)12-3/h7H,4-6H2,1-3H3,(H,12,15). The van der Waals surface area contributed by atoms with Gasteiger partial charge in [-0.3, -0.25) is 4.79 Å². The van der Waals surface area contributed by atoms with Gasteiger partial charge in [-0.2, -0.15) is 4.98 Å². The summed E-state index contributed by atoms with van der Waals surface area (Å²) >= 11 is 0. The average molecular weight is 239 g/mol. The van der Waals surface area contributed by atoms with E-state index in [4.69, 9.17) is 9.26 Å². The second-order valence-electron chi connectivity index (χ2n) is 4.80. The van der Waals surface area contributed by atoms with Gasteiger partial charge in [0.15, 0.2) is 5.82 Å². The molecule has 1 atom stereocenters. The van der Waals surface area contributed by atoms with Gasteiger partial charge in [0, 0.05) is 7.05 Å². The second kappa shape index (κ2) is 4.44. The first-order valence-electron chi connectivity index (χ1n) is 5.71. The van der Waals surface area contributed by atoms with Crippen molar-refractivity contribution in [3.8, 4) is 0 Å². The minimum absolute atomic E-state index is 0.134. The van der Waals surface area contributed by atoms with Crippen LogP contribution in [0, 0.1) is 0 Å². The number of aromatic nitrogens is 2. The lowest BCUT2D eigenvalue weighted by molar-refractivity contribution is -0.120. The van der Waals surface area contributed by atoms with Crippen LogP contribution >= 0.6 is 0 Å². The summed E-state index contributed by atoms with van der Waals surface area (Å²) in [5.74, 6) is 0.729. The zero-order chi connectivity index (χ0) is 12.5. The second-order valence-corrected chi connectivity index (χ2v) is 4.80. The first-order chi connectivity index (χ1) is 8.00. The van der Waals surface area contributed by atoms with Crippen LogP contribution in [0.4, 0.5) is 0 Å². The van der Waals surface area contributed by atoms with Gasteiger partial charge in [0.05, 0.1) is 12.0 Å². The van der Waals surface area contributed by atoms with Gasteiger partial charge in [-0.05, 0) is 26.7 Å². The number of likely N-dealkylation sites (N-methyl/N-ethyl adjacent to an activating group) is 1. The lowest BCUT2D eigenvalue weighted by Gasteiger charge is -2.17. The van der Waals surface area contributed by atoms with E-state index in [2.05, 4.69) is 15.5 Å². The first kappa shape index (κ1) is 12.0. The van der Waals surface area contributed by atoms with Crippen molar-refractivity contribution >= 4 is 5.91 Å². The highest BCUT2D eigenvalue weighted by molar-refractivity contribution is 5.77. The average Bonchev–Trinajstić information content (AvgIpc) is 2.84. The minimum atomic E-state index is -0.143. The van der Waals surface area contributed by atoms with Gasteiger partial charge in [0.25, 0.3) is 5.89 Å². The van der Waals surface area contributed by atoms with Gasteiger partial charge in [-0.1, -0.05) is 5.16 Å². The van der Waals surface area contributed by atoms with Crippen LogP contribution in [0.25, 0.3) is 0 Å². The summed E-state index contributed by atoms with van der Waals surface area (Å²) < 4.78 is 10.9. The number of carbonyl (C=O) groups is 1. The summed E-state index contributed by atoms with van der Waals surface area (Å²) in [4.78, 5) is 15.3. The molecule has 2 rings (SSSR count). The molecule has 0 aliphatic carbocycles. The third-order valence-corrected chi connectivity index (χ3v) is 2.83. The van der Waals surface area contributed by atoms with Crippen molar-refractivity contribution in [1.82, 2.24) is 15.5 Å². The van der Waals surface area contributed by atoms with Crippen LogP contribution in [0.15, 0.2) is 4.52 Å². The molecule has 0 radical (unpaired) electrons. The Labute approximate surface area is 99.7 Å². The quantitative estimate of drug-likeness (QED) is 0.851. The largest absolute Gasteiger partial charge is 0.363 e. The van der Waals surface area contributed by atoms with Crippen molar-refractivity contribution < 1.29 is 14.1 Å². The molecule has 0 spiro atoms. The molecular formula is C11H17N3O3. The summed E-state index contributed by atoms with van der Waals surface area (Å²) in [6.45, 7) is 4.07. The maximum absolute atomic E-state index is 11.2. The lowest BCUT2D eigenvalue weighted by Crippen LogP contribution is -2.20. The molecule has 94 valence electrons. The van der Waals surface area contributed by atoms with Crippen LogP contribution in [0.5, 0.6) is 0 Å². The summed E-state index contributed by atoms with van der Waals surface area (Å²) in [6.07, 6.45) is 1.83. The number of hydrogen-bond donors (Lipinski definition) is 1. The van der Waals surface area contributed by atoms with Gasteiger partial charge in [0.2, 0.25) is 5.91 Å². The number of hydrogen-bond acceptors (Lipinski definition) is 5. The van der Waals surface area contributed by atoms with E-state index >= 15 is 0 Å². The molecule has 17 heavy (non-hydrogen) atoms. The Hall–Kier alpha value is -1.43. The van der Waals surface area contributed by atoms with Crippen LogP contribution in [0.2, 0.25) is 0 Å². The molecule has 1 aromatic heterocycles. The highest BCUT2D eigenvalue weighted by Crippen LogP contribution is 2.38. The molecule has 0 bridgehead atoms. The fraction of sp³-hybridized carbons (Fsp3) is 0.727. The molecule has 2 heterocycles. The summed E-state index contributed by atoms with van der Waals surface area (Å²) in [5.41, 5.74) is -0.139. The van der Waals surface area contributed by atoms with E-state index in [0.29, 0.717) is 11.7 Å². The Morgan fingerprint density at radius 2 is 2.35 bits per heavy atom. The van der Waals surface area contributed by atoms with Gasteiger partial charge < -0.3 is 14.6 Å². The van der Waals surface area contributed by atoms with Crippen LogP contribution < -0.4 is 5.32 Å². The predicted molar refractivity (Wildman–Crippen MR) is 59.2 cm³/mol. The minimum Gasteiger partial charge on any atom is -0.363 e. The van der Waals surface area contributed by atoms with Crippen molar-refractivity contribution in [2.75, 3.05) is 7.05 Å². The van der Waals surface area contributed by atoms with E-state index in [1.807, 2.05) is 13.8 Å². The highest BCUT2D eigenvalue weighted by atomic mass is 16.5. The van der Waals surface area contributed by atoms with Crippen LogP contribution in [-0.2, 0) is 16.0 Å². The van der Waals surface area contributed by atoms with Crippen LogP contribution in [0.1, 0.15) is 44.5 Å². The Morgan fingerprint density at radius 1 is 1.59 bits per heavy atom. The Kier molecular flexibility index (Phi) is 3.15. The van der Waals surface area contributed by atoms with Crippen molar-refractivity contribution in [1.29, 1.82) is 0 Å². The van der Waals surface area contributed by atoms with E-state index in [1.165, 1.54) is 0 Å². The molecule has 1 aliphatic heterocycles. The fourth-order valence-electron chi connectivity index (χ4n) is 1.86. The Morgan fingerprint density at radius 3 is 2.94 bits per heavy atom. The first-order valence-corrected chi connectivity index (χ1v) is 5.71. The van der Waals surface area contributed by atoms with E-state index in [9.17, 15) is 4.79 Å². The van der Waals surface area contributed by atoms with Crippen LogP contribution in [0.3, 0.4) is 0 Å². The molecule has 1 fully saturated rings. The molecule has 6 heteroatoms. The number of ether oxygens (including phenoxy) is 1. The van der Waals surface area contributed by atoms with E-state index in [0.717, 1.165) is 12.8 Å². The topological polar surface area (TPSA) is 77.2 Å². The van der Waals surface area contributed by atoms with Gasteiger partial charge in [-0.15, -0.1) is 0 Å². The molecule has 0 aromatic carbocycles. The van der Waals surface area contributed by atoms with Crippen molar-refractivity contribution in [3.63, 3.8) is 0 Å². The molecule has 1 amide bonds. The van der Waals surface area contributed by atoms with Crippen LogP contribution in [-0.4, -0.2) is 28.7 Å². The number of amides is 1. The monoisotopic (exact) mass is 239 g/mol. The van der Waals surface area contributed by atoms with Gasteiger partial charge in [-0.25, -0.2) is 0 Å². The van der Waals surface area contributed by atoms with Gasteiger partial charge >= 0.3 is 0 Å². The van der Waals surface area contributed by atoms with Crippen molar-refractivity contribution in [2.45, 2.75) is 44.8 Å². The number of nitrogens with one attached hydrogen (secondary N) is 1. The number of rotatable bonds is 3. The van der Waals surface area contributed by atoms with E-state index in [1.54, 1.807) is 7.05 Å². The molecule has 0 saturated carbocycles. The summed E-state index contributed by atoms with van der Waals surface area (Å²) in [5, 5.41) is 6.28. The molecule has 1 aliphatic rings. The molecule has 6 nitrogen and oxygen atoms in total. The lowest BCUT2D eigenvalue weighted by atomic mass is 10.1. The third-order valence-electron chi connectivity index (χ3n) is 2.83. The summed E-state index contributed by atoms with van der Waals surface area (Å²) in [6, 6.07) is 0. The third kappa shape index (κ3) is 2.82. The zero-order valence-corrected chi connectivity index (χ0v) is 10.3. The normalized spacial score (nSPS) is 22.6. The molecule has 1 saturated heterocycles. The predicted octanol–water partition coefficient (Wildman–Crippen LogP) is 0.988. The maximum atomic E-state index is 11.2. The number of carbonyl (C=O) groups excluding carboxylic acids is 1. The smallest absolute Gasteiger partial charge is 0.255 e.